The molecule has 0 radical (unpaired) electrons. The van der Waals surface area contributed by atoms with Gasteiger partial charge in [0.1, 0.15) is 11.8 Å². The van der Waals surface area contributed by atoms with Crippen LogP contribution in [0.2, 0.25) is 0 Å². The number of amides is 1. The Morgan fingerprint density at radius 2 is 2.15 bits per heavy atom. The number of rotatable bonds is 4. The summed E-state index contributed by atoms with van der Waals surface area (Å²) in [7, 11) is 0. The third kappa shape index (κ3) is 2.33. The molecule has 2 heterocycles. The van der Waals surface area contributed by atoms with Gasteiger partial charge in [0.2, 0.25) is 0 Å². The summed E-state index contributed by atoms with van der Waals surface area (Å²) in [6.07, 6.45) is 1.52. The second-order valence-electron chi connectivity index (χ2n) is 4.37. The zero-order valence-electron chi connectivity index (χ0n) is 10.6. The molecule has 0 aliphatic carbocycles. The van der Waals surface area contributed by atoms with Gasteiger partial charge in [-0.3, -0.25) is 4.79 Å². The molecule has 0 aliphatic heterocycles. The third-order valence-electron chi connectivity index (χ3n) is 3.10. The molecule has 0 spiro atoms. The van der Waals surface area contributed by atoms with E-state index >= 15 is 0 Å². The van der Waals surface area contributed by atoms with Crippen LogP contribution in [0, 0.1) is 0 Å². The van der Waals surface area contributed by atoms with Crippen molar-refractivity contribution in [3.63, 3.8) is 0 Å². The van der Waals surface area contributed by atoms with Crippen molar-refractivity contribution in [1.29, 1.82) is 0 Å². The van der Waals surface area contributed by atoms with Crippen molar-refractivity contribution in [2.45, 2.75) is 6.04 Å². The van der Waals surface area contributed by atoms with Gasteiger partial charge in [-0.05, 0) is 18.2 Å². The van der Waals surface area contributed by atoms with Crippen LogP contribution in [0.1, 0.15) is 22.2 Å². The smallest absolute Gasteiger partial charge is 0.253 e. The van der Waals surface area contributed by atoms with Gasteiger partial charge in [-0.25, -0.2) is 0 Å². The van der Waals surface area contributed by atoms with Crippen LogP contribution < -0.4 is 5.32 Å². The summed E-state index contributed by atoms with van der Waals surface area (Å²) in [6, 6.07) is 10.7. The fourth-order valence-electron chi connectivity index (χ4n) is 2.09. The number of benzene rings is 1. The first-order valence-electron chi connectivity index (χ1n) is 6.21. The maximum absolute atomic E-state index is 12.3. The first kappa shape index (κ1) is 12.9. The quantitative estimate of drug-likeness (QED) is 0.775. The molecule has 0 aliphatic rings. The maximum Gasteiger partial charge on any atom is 0.253 e. The average molecular weight is 287 g/mol. The first-order valence-corrected chi connectivity index (χ1v) is 7.09. The molecule has 1 aromatic carbocycles. The van der Waals surface area contributed by atoms with Crippen LogP contribution in [-0.4, -0.2) is 17.6 Å². The van der Waals surface area contributed by atoms with Gasteiger partial charge in [0.15, 0.2) is 0 Å². The predicted octanol–water partition coefficient (Wildman–Crippen LogP) is 2.96. The first-order chi connectivity index (χ1) is 9.79. The largest absolute Gasteiger partial charge is 0.467 e. The fourth-order valence-corrected chi connectivity index (χ4v) is 3.03. The topological polar surface area (TPSA) is 62.5 Å². The van der Waals surface area contributed by atoms with Crippen LogP contribution >= 0.6 is 11.3 Å². The molecule has 1 amide bonds. The Bertz CT molecular complexity index is 718. The Kier molecular flexibility index (Phi) is 3.54. The molecule has 2 N–H and O–H groups in total. The lowest BCUT2D eigenvalue weighted by molar-refractivity contribution is 0.0909. The lowest BCUT2D eigenvalue weighted by Crippen LogP contribution is -2.30. The van der Waals surface area contributed by atoms with Gasteiger partial charge in [0.05, 0.1) is 18.4 Å². The van der Waals surface area contributed by atoms with Crippen LogP contribution in [-0.2, 0) is 0 Å². The highest BCUT2D eigenvalue weighted by atomic mass is 32.1. The van der Waals surface area contributed by atoms with Crippen molar-refractivity contribution in [2.75, 3.05) is 6.61 Å². The van der Waals surface area contributed by atoms with Crippen molar-refractivity contribution < 1.29 is 14.3 Å². The van der Waals surface area contributed by atoms with Gasteiger partial charge in [-0.15, -0.1) is 11.3 Å². The Hall–Kier alpha value is -2.11. The number of aliphatic hydroxyl groups excluding tert-OH is 1. The Balaban J connectivity index is 1.85. The van der Waals surface area contributed by atoms with Crippen LogP contribution in [0.4, 0.5) is 0 Å². The summed E-state index contributed by atoms with van der Waals surface area (Å²) in [5.41, 5.74) is 0.621. The molecule has 0 saturated heterocycles. The molecular formula is C15H13NO3S. The van der Waals surface area contributed by atoms with Gasteiger partial charge in [0, 0.05) is 15.5 Å². The highest BCUT2D eigenvalue weighted by Gasteiger charge is 2.19. The number of aliphatic hydroxyl groups is 1. The van der Waals surface area contributed by atoms with E-state index in [1.165, 1.54) is 17.6 Å². The summed E-state index contributed by atoms with van der Waals surface area (Å²) in [4.78, 5) is 12.3. The van der Waals surface area contributed by atoms with E-state index in [-0.39, 0.29) is 12.5 Å². The molecule has 20 heavy (non-hydrogen) atoms. The van der Waals surface area contributed by atoms with Gasteiger partial charge in [-0.1, -0.05) is 18.2 Å². The van der Waals surface area contributed by atoms with E-state index in [4.69, 9.17) is 4.42 Å². The normalized spacial score (nSPS) is 12.4. The lowest BCUT2D eigenvalue weighted by Gasteiger charge is -2.13. The molecule has 0 bridgehead atoms. The summed E-state index contributed by atoms with van der Waals surface area (Å²) >= 11 is 1.53. The Morgan fingerprint density at radius 3 is 2.90 bits per heavy atom. The maximum atomic E-state index is 12.3. The number of hydrogen-bond donors (Lipinski definition) is 2. The van der Waals surface area contributed by atoms with Gasteiger partial charge in [0.25, 0.3) is 5.91 Å². The summed E-state index contributed by atoms with van der Waals surface area (Å²) in [6.45, 7) is -0.207. The zero-order valence-corrected chi connectivity index (χ0v) is 11.4. The second-order valence-corrected chi connectivity index (χ2v) is 5.28. The van der Waals surface area contributed by atoms with E-state index < -0.39 is 6.04 Å². The van der Waals surface area contributed by atoms with Crippen LogP contribution in [0.25, 0.3) is 10.1 Å². The molecule has 3 rings (SSSR count). The van der Waals surface area contributed by atoms with Crippen molar-refractivity contribution in [2.24, 2.45) is 0 Å². The van der Waals surface area contributed by atoms with Crippen molar-refractivity contribution in [3.05, 3.63) is 59.4 Å². The van der Waals surface area contributed by atoms with E-state index in [1.54, 1.807) is 12.1 Å². The number of hydrogen-bond acceptors (Lipinski definition) is 4. The number of fused-ring (bicyclic) bond motifs is 1. The minimum Gasteiger partial charge on any atom is -0.467 e. The molecule has 3 aromatic rings. The Morgan fingerprint density at radius 1 is 1.30 bits per heavy atom. The van der Waals surface area contributed by atoms with Gasteiger partial charge in [-0.2, -0.15) is 0 Å². The molecule has 1 atom stereocenters. The van der Waals surface area contributed by atoms with Crippen LogP contribution in [0.15, 0.2) is 52.5 Å². The van der Waals surface area contributed by atoms with Crippen molar-refractivity contribution in [1.82, 2.24) is 5.32 Å². The average Bonchev–Trinajstić information content (AvgIpc) is 3.13. The summed E-state index contributed by atoms with van der Waals surface area (Å²) in [5, 5.41) is 14.9. The monoisotopic (exact) mass is 287 g/mol. The van der Waals surface area contributed by atoms with Gasteiger partial charge >= 0.3 is 0 Å². The van der Waals surface area contributed by atoms with E-state index in [9.17, 15) is 9.90 Å². The minimum absolute atomic E-state index is 0.207. The van der Waals surface area contributed by atoms with Crippen molar-refractivity contribution in [3.8, 4) is 0 Å². The molecule has 102 valence electrons. The molecular weight excluding hydrogens is 274 g/mol. The number of nitrogens with one attached hydrogen (secondary N) is 1. The molecule has 2 aromatic heterocycles. The van der Waals surface area contributed by atoms with E-state index in [0.29, 0.717) is 11.3 Å². The van der Waals surface area contributed by atoms with Crippen LogP contribution in [0.5, 0.6) is 0 Å². The summed E-state index contributed by atoms with van der Waals surface area (Å²) in [5.74, 6) is 0.332. The van der Waals surface area contributed by atoms with E-state index in [1.807, 2.05) is 29.6 Å². The summed E-state index contributed by atoms with van der Waals surface area (Å²) < 4.78 is 6.29. The van der Waals surface area contributed by atoms with E-state index in [0.717, 1.165) is 10.1 Å². The van der Waals surface area contributed by atoms with Crippen LogP contribution in [0.3, 0.4) is 0 Å². The fraction of sp³-hybridized carbons (Fsp3) is 0.133. The number of carbonyl (C=O) groups excluding carboxylic acids is 1. The standard InChI is InChI=1S/C15H13NO3S/c17-8-12(13-5-3-7-19-13)16-15(18)11-9-20-14-6-2-1-4-10(11)14/h1-7,9,12,17H,8H2,(H,16,18). The molecule has 1 unspecified atom stereocenters. The number of carbonyl (C=O) groups is 1. The molecule has 0 saturated carbocycles. The van der Waals surface area contributed by atoms with Crippen molar-refractivity contribution >= 4 is 27.3 Å². The number of thiophene rings is 1. The predicted molar refractivity (Wildman–Crippen MR) is 77.8 cm³/mol. The molecule has 0 fully saturated rings. The van der Waals surface area contributed by atoms with Gasteiger partial charge < -0.3 is 14.8 Å². The third-order valence-corrected chi connectivity index (χ3v) is 4.06. The SMILES string of the molecule is O=C(NC(CO)c1ccco1)c1csc2ccccc12. The number of furan rings is 1. The Labute approximate surface area is 119 Å². The minimum atomic E-state index is -0.531. The molecule has 4 nitrogen and oxygen atoms in total. The lowest BCUT2D eigenvalue weighted by atomic mass is 10.1. The highest BCUT2D eigenvalue weighted by molar-refractivity contribution is 7.17. The highest BCUT2D eigenvalue weighted by Crippen LogP contribution is 2.26. The molecule has 5 heteroatoms. The van der Waals surface area contributed by atoms with E-state index in [2.05, 4.69) is 5.32 Å². The zero-order chi connectivity index (χ0) is 13.9. The second kappa shape index (κ2) is 5.48.